The average molecular weight is 342 g/mol. The zero-order valence-corrected chi connectivity index (χ0v) is 12.4. The van der Waals surface area contributed by atoms with Gasteiger partial charge in [0.05, 0.1) is 4.92 Å². The Bertz CT molecular complexity index is 737. The Kier molecular flexibility index (Phi) is 5.07. The first-order valence-electron chi connectivity index (χ1n) is 6.70. The molecule has 0 saturated heterocycles. The molecule has 0 amide bonds. The summed E-state index contributed by atoms with van der Waals surface area (Å²) in [5, 5.41) is 16.5. The van der Waals surface area contributed by atoms with Crippen LogP contribution >= 0.6 is 0 Å². The van der Waals surface area contributed by atoms with Gasteiger partial charge in [-0.05, 0) is 6.07 Å². The lowest BCUT2D eigenvalue weighted by Crippen LogP contribution is -2.18. The maximum Gasteiger partial charge on any atom is 0.573 e. The van der Waals surface area contributed by atoms with Crippen molar-refractivity contribution in [3.63, 3.8) is 0 Å². The van der Waals surface area contributed by atoms with Crippen LogP contribution in [-0.2, 0) is 6.54 Å². The number of nitrogens with one attached hydrogen (secondary N) is 2. The molecule has 7 nitrogen and oxygen atoms in total. The number of nitro groups is 1. The molecule has 1 aromatic heterocycles. The predicted molar refractivity (Wildman–Crippen MR) is 80.9 cm³/mol. The molecule has 1 aromatic carbocycles. The topological polar surface area (TPSA) is 89.3 Å². The second-order valence-electron chi connectivity index (χ2n) is 4.60. The smallest absolute Gasteiger partial charge is 0.405 e. The van der Waals surface area contributed by atoms with Crippen molar-refractivity contribution < 1.29 is 22.8 Å². The lowest BCUT2D eigenvalue weighted by atomic mass is 10.2. The lowest BCUT2D eigenvalue weighted by molar-refractivity contribution is -0.384. The van der Waals surface area contributed by atoms with Crippen LogP contribution in [0.2, 0.25) is 0 Å². The van der Waals surface area contributed by atoms with Crippen LogP contribution in [0.4, 0.5) is 30.4 Å². The molecule has 0 fully saturated rings. The minimum absolute atomic E-state index is 0.0970. The second kappa shape index (κ2) is 7.02. The molecule has 1 heterocycles. The zero-order chi connectivity index (χ0) is 17.7. The Hall–Kier alpha value is -3.04. The van der Waals surface area contributed by atoms with E-state index in [0.29, 0.717) is 5.82 Å². The van der Waals surface area contributed by atoms with Gasteiger partial charge in [0.15, 0.2) is 0 Å². The van der Waals surface area contributed by atoms with Crippen LogP contribution in [0, 0.1) is 10.1 Å². The van der Waals surface area contributed by atoms with Gasteiger partial charge in [0, 0.05) is 25.2 Å². The first-order chi connectivity index (χ1) is 11.3. The summed E-state index contributed by atoms with van der Waals surface area (Å²) in [5.41, 5.74) is 0.0383. The van der Waals surface area contributed by atoms with Gasteiger partial charge in [-0.1, -0.05) is 18.2 Å². The van der Waals surface area contributed by atoms with Crippen LogP contribution in [0.15, 0.2) is 36.5 Å². The number of anilines is 2. The van der Waals surface area contributed by atoms with Gasteiger partial charge in [0.1, 0.15) is 23.5 Å². The zero-order valence-electron chi connectivity index (χ0n) is 12.4. The first kappa shape index (κ1) is 17.3. The molecule has 0 aliphatic heterocycles. The molecule has 2 aromatic rings. The summed E-state index contributed by atoms with van der Waals surface area (Å²) in [7, 11) is 1.59. The number of benzene rings is 1. The van der Waals surface area contributed by atoms with Crippen LogP contribution in [0.25, 0.3) is 0 Å². The van der Waals surface area contributed by atoms with Crippen molar-refractivity contribution in [2.75, 3.05) is 17.7 Å². The van der Waals surface area contributed by atoms with E-state index in [1.165, 1.54) is 24.3 Å². The molecule has 24 heavy (non-hydrogen) atoms. The summed E-state index contributed by atoms with van der Waals surface area (Å²) < 4.78 is 41.2. The van der Waals surface area contributed by atoms with Gasteiger partial charge >= 0.3 is 12.0 Å². The van der Waals surface area contributed by atoms with Gasteiger partial charge in [0.25, 0.3) is 0 Å². The molecule has 0 atom stereocenters. The third kappa shape index (κ3) is 4.48. The average Bonchev–Trinajstić information content (AvgIpc) is 2.52. The van der Waals surface area contributed by atoms with E-state index in [0.717, 1.165) is 6.20 Å². The number of rotatable bonds is 6. The number of halogens is 3. The van der Waals surface area contributed by atoms with E-state index < -0.39 is 11.3 Å². The Morgan fingerprint density at radius 2 is 2.04 bits per heavy atom. The largest absolute Gasteiger partial charge is 0.573 e. The van der Waals surface area contributed by atoms with Crippen molar-refractivity contribution in [1.29, 1.82) is 0 Å². The summed E-state index contributed by atoms with van der Waals surface area (Å²) in [4.78, 5) is 14.2. The number of hydrogen-bond acceptors (Lipinski definition) is 6. The highest BCUT2D eigenvalue weighted by Crippen LogP contribution is 2.29. The maximum absolute atomic E-state index is 12.4. The SMILES string of the molecule is CNc1cc(NCc2ccccc2OC(F)(F)F)c([N+](=O)[O-])cn1. The van der Waals surface area contributed by atoms with Crippen molar-refractivity contribution in [2.45, 2.75) is 12.9 Å². The Morgan fingerprint density at radius 1 is 1.33 bits per heavy atom. The molecular weight excluding hydrogens is 329 g/mol. The van der Waals surface area contributed by atoms with Crippen LogP contribution in [-0.4, -0.2) is 23.3 Å². The number of hydrogen-bond donors (Lipinski definition) is 2. The van der Waals surface area contributed by atoms with Gasteiger partial charge < -0.3 is 15.4 Å². The van der Waals surface area contributed by atoms with Gasteiger partial charge in [-0.15, -0.1) is 13.2 Å². The van der Waals surface area contributed by atoms with E-state index in [1.807, 2.05) is 0 Å². The van der Waals surface area contributed by atoms with E-state index in [4.69, 9.17) is 0 Å². The van der Waals surface area contributed by atoms with Crippen LogP contribution < -0.4 is 15.4 Å². The summed E-state index contributed by atoms with van der Waals surface area (Å²) in [5.74, 6) is 0.00553. The number of para-hydroxylation sites is 1. The van der Waals surface area contributed by atoms with Gasteiger partial charge in [-0.3, -0.25) is 10.1 Å². The number of pyridine rings is 1. The minimum atomic E-state index is -4.82. The Balaban J connectivity index is 2.24. The summed E-state index contributed by atoms with van der Waals surface area (Å²) >= 11 is 0. The van der Waals surface area contributed by atoms with Crippen molar-refractivity contribution in [3.8, 4) is 5.75 Å². The molecule has 0 aliphatic rings. The third-order valence-electron chi connectivity index (χ3n) is 3.00. The fourth-order valence-corrected chi connectivity index (χ4v) is 1.94. The fraction of sp³-hybridized carbons (Fsp3) is 0.214. The van der Waals surface area contributed by atoms with Crippen molar-refractivity contribution >= 4 is 17.2 Å². The molecule has 0 unspecified atom stereocenters. The number of aromatic nitrogens is 1. The highest BCUT2D eigenvalue weighted by atomic mass is 19.4. The van der Waals surface area contributed by atoms with Crippen LogP contribution in [0.5, 0.6) is 5.75 Å². The number of alkyl halides is 3. The van der Waals surface area contributed by atoms with E-state index in [2.05, 4.69) is 20.4 Å². The van der Waals surface area contributed by atoms with E-state index >= 15 is 0 Å². The molecule has 10 heteroatoms. The molecule has 0 saturated carbocycles. The summed E-state index contributed by atoms with van der Waals surface area (Å²) in [6, 6.07) is 6.94. The third-order valence-corrected chi connectivity index (χ3v) is 3.00. The molecule has 128 valence electrons. The van der Waals surface area contributed by atoms with Crippen molar-refractivity contribution in [3.05, 3.63) is 52.2 Å². The standard InChI is InChI=1S/C14H13F3N4O3/c1-18-13-6-10(11(8-20-13)21(22)23)19-7-9-4-2-3-5-12(9)24-14(15,16)17/h2-6,8H,7H2,1H3,(H2,18,19,20). The van der Waals surface area contributed by atoms with E-state index in [9.17, 15) is 23.3 Å². The first-order valence-corrected chi connectivity index (χ1v) is 6.70. The van der Waals surface area contributed by atoms with E-state index in [-0.39, 0.29) is 29.2 Å². The fourth-order valence-electron chi connectivity index (χ4n) is 1.94. The molecule has 0 radical (unpaired) electrons. The molecule has 0 spiro atoms. The quantitative estimate of drug-likeness (QED) is 0.616. The summed E-state index contributed by atoms with van der Waals surface area (Å²) in [6.45, 7) is -0.0970. The molecule has 2 N–H and O–H groups in total. The maximum atomic E-state index is 12.4. The summed E-state index contributed by atoms with van der Waals surface area (Å²) in [6.07, 6.45) is -3.76. The lowest BCUT2D eigenvalue weighted by Gasteiger charge is -2.14. The molecule has 0 aliphatic carbocycles. The van der Waals surface area contributed by atoms with Crippen LogP contribution in [0.1, 0.15) is 5.56 Å². The van der Waals surface area contributed by atoms with E-state index in [1.54, 1.807) is 13.1 Å². The molecular formula is C14H13F3N4O3. The number of nitrogens with zero attached hydrogens (tertiary/aromatic N) is 2. The Labute approximate surface area is 134 Å². The minimum Gasteiger partial charge on any atom is -0.405 e. The molecule has 2 rings (SSSR count). The predicted octanol–water partition coefficient (Wildman–Crippen LogP) is 3.54. The monoisotopic (exact) mass is 342 g/mol. The second-order valence-corrected chi connectivity index (χ2v) is 4.60. The molecule has 0 bridgehead atoms. The van der Waals surface area contributed by atoms with Crippen molar-refractivity contribution in [2.24, 2.45) is 0 Å². The normalized spacial score (nSPS) is 11.0. The number of ether oxygens (including phenoxy) is 1. The van der Waals surface area contributed by atoms with Crippen molar-refractivity contribution in [1.82, 2.24) is 4.98 Å². The highest BCUT2D eigenvalue weighted by Gasteiger charge is 2.32. The van der Waals surface area contributed by atoms with Gasteiger partial charge in [0.2, 0.25) is 0 Å². The van der Waals surface area contributed by atoms with Crippen LogP contribution in [0.3, 0.4) is 0 Å². The highest BCUT2D eigenvalue weighted by molar-refractivity contribution is 5.65. The van der Waals surface area contributed by atoms with Gasteiger partial charge in [-0.25, -0.2) is 4.98 Å². The van der Waals surface area contributed by atoms with Gasteiger partial charge in [-0.2, -0.15) is 0 Å². The Morgan fingerprint density at radius 3 is 2.67 bits per heavy atom.